The van der Waals surface area contributed by atoms with Crippen LogP contribution in [0.3, 0.4) is 0 Å². The van der Waals surface area contributed by atoms with Crippen molar-refractivity contribution < 1.29 is 49.0 Å². The molecule has 208 valence electrons. The van der Waals surface area contributed by atoms with Crippen LogP contribution in [-0.4, -0.2) is 3.21 Å². The molecular weight excluding hydrogens is 607 g/mol. The molecule has 3 aromatic carbocycles. The van der Waals surface area contributed by atoms with Crippen LogP contribution < -0.4 is 24.8 Å². The molecule has 0 N–H and O–H groups in total. The molecule has 0 heterocycles. The molecule has 5 rings (SSSR count). The molecule has 0 spiro atoms. The maximum atomic E-state index is 3.82. The van der Waals surface area contributed by atoms with Gasteiger partial charge in [0.2, 0.25) is 0 Å². The third kappa shape index (κ3) is 9.80. The monoisotopic (exact) mass is 644 g/mol. The van der Waals surface area contributed by atoms with E-state index in [4.69, 9.17) is 0 Å². The zero-order valence-electron chi connectivity index (χ0n) is 24.7. The van der Waals surface area contributed by atoms with Crippen LogP contribution in [0.25, 0.3) is 23.3 Å². The van der Waals surface area contributed by atoms with Crippen molar-refractivity contribution in [1.82, 2.24) is 0 Å². The second kappa shape index (κ2) is 16.4. The van der Waals surface area contributed by atoms with Gasteiger partial charge in [-0.3, -0.25) is 6.08 Å². The fourth-order valence-corrected chi connectivity index (χ4v) is 4.79. The molecule has 3 aromatic rings. The first-order valence-electron chi connectivity index (χ1n) is 13.4. The molecule has 0 nitrogen and oxygen atoms in total. The van der Waals surface area contributed by atoms with Crippen molar-refractivity contribution in [3.8, 4) is 11.1 Å². The molecule has 2 aliphatic rings. The van der Waals surface area contributed by atoms with Gasteiger partial charge in [-0.15, -0.1) is 23.8 Å². The smallest absolute Gasteiger partial charge is 1.00 e. The maximum Gasteiger partial charge on any atom is -1.00 e. The molecule has 0 amide bonds. The van der Waals surface area contributed by atoms with E-state index >= 15 is 0 Å². The van der Waals surface area contributed by atoms with E-state index in [1.165, 1.54) is 78.4 Å². The van der Waals surface area contributed by atoms with E-state index in [-0.39, 0.29) is 24.8 Å². The van der Waals surface area contributed by atoms with Crippen molar-refractivity contribution in [3.63, 3.8) is 0 Å². The van der Waals surface area contributed by atoms with Crippen molar-refractivity contribution in [2.24, 2.45) is 11.3 Å². The van der Waals surface area contributed by atoms with Crippen molar-refractivity contribution in [2.75, 3.05) is 0 Å². The third-order valence-electron chi connectivity index (χ3n) is 6.94. The Morgan fingerprint density at radius 1 is 0.975 bits per heavy atom. The SMILES string of the molecule is C=Cc1c[c-]c2c(c1)-c1cc(C=C)ccc1C2.CCC1[C-]=CC(C(C)(C)C)=C1.C[C](=[Zr+2])c1ccc(C)cc1.[Cl-].[Cl-]. The van der Waals surface area contributed by atoms with Gasteiger partial charge in [0.15, 0.2) is 0 Å². The molecule has 1 unspecified atom stereocenters. The van der Waals surface area contributed by atoms with Crippen LogP contribution in [0.2, 0.25) is 0 Å². The van der Waals surface area contributed by atoms with Crippen LogP contribution in [0.5, 0.6) is 0 Å². The van der Waals surface area contributed by atoms with Gasteiger partial charge in [0.05, 0.1) is 0 Å². The summed E-state index contributed by atoms with van der Waals surface area (Å²) in [5.41, 5.74) is 12.0. The minimum absolute atomic E-state index is 0. The molecule has 0 aromatic heterocycles. The average molecular weight is 647 g/mol. The second-order valence-corrected chi connectivity index (χ2v) is 12.9. The van der Waals surface area contributed by atoms with Crippen LogP contribution in [0.15, 0.2) is 85.5 Å². The van der Waals surface area contributed by atoms with Gasteiger partial charge in [-0.05, 0) is 12.0 Å². The molecular formula is C37H40Cl2Zr-2. The Morgan fingerprint density at radius 2 is 1.60 bits per heavy atom. The number of hydrogen-bond donors (Lipinski definition) is 0. The van der Waals surface area contributed by atoms with Gasteiger partial charge in [0, 0.05) is 0 Å². The standard InChI is InChI=1S/C17H13.C11H17.C9H10.2ClH.Zr/c1-3-12-5-7-14-11-15-8-6-13(4-2)10-17(15)16(14)9-12;1-5-9-6-7-10(8-9)11(2,3)4;1-3-9-6-4-8(2)5-7-9;;;/h3-7,9-10H,1-2,11H2;7-9H,5H2,1-4H3;4-7H,1-2H3;2*1H;/q2*-1;;;;+2/p-2. The van der Waals surface area contributed by atoms with E-state index < -0.39 is 0 Å². The van der Waals surface area contributed by atoms with Crippen molar-refractivity contribution in [3.05, 3.63) is 131 Å². The number of allylic oxidation sites excluding steroid dienone is 4. The topological polar surface area (TPSA) is 0 Å². The molecule has 0 fully saturated rings. The number of fused-ring (bicyclic) bond motifs is 3. The quantitative estimate of drug-likeness (QED) is 0.296. The summed E-state index contributed by atoms with van der Waals surface area (Å²) in [7, 11) is 0. The van der Waals surface area contributed by atoms with Crippen LogP contribution in [0.4, 0.5) is 0 Å². The summed E-state index contributed by atoms with van der Waals surface area (Å²) in [5.74, 6) is 0.573. The van der Waals surface area contributed by atoms with Gasteiger partial charge >= 0.3 is 76.7 Å². The minimum atomic E-state index is 0. The Hall–Kier alpha value is -2.05. The first kappa shape index (κ1) is 36.0. The molecule has 0 saturated heterocycles. The minimum Gasteiger partial charge on any atom is -1.00 e. The Kier molecular flexibility index (Phi) is 14.8. The van der Waals surface area contributed by atoms with E-state index in [1.54, 1.807) is 0 Å². The third-order valence-corrected chi connectivity index (χ3v) is 7.65. The number of benzene rings is 3. The first-order valence-corrected chi connectivity index (χ1v) is 14.6. The van der Waals surface area contributed by atoms with E-state index in [0.717, 1.165) is 12.0 Å². The van der Waals surface area contributed by atoms with Gasteiger partial charge < -0.3 is 24.8 Å². The number of halogens is 2. The van der Waals surface area contributed by atoms with Gasteiger partial charge in [-0.1, -0.05) is 87.4 Å². The number of rotatable bonds is 4. The van der Waals surface area contributed by atoms with Crippen molar-refractivity contribution in [2.45, 2.75) is 54.4 Å². The summed E-state index contributed by atoms with van der Waals surface area (Å²) in [6, 6.07) is 22.7. The summed E-state index contributed by atoms with van der Waals surface area (Å²) in [6.07, 6.45) is 13.7. The Labute approximate surface area is 270 Å². The zero-order chi connectivity index (χ0) is 27.9. The summed E-state index contributed by atoms with van der Waals surface area (Å²) < 4.78 is 1.46. The van der Waals surface area contributed by atoms with Gasteiger partial charge in [-0.2, -0.15) is 35.4 Å². The van der Waals surface area contributed by atoms with Crippen LogP contribution in [-0.2, 0) is 30.7 Å². The fraction of sp³-hybridized carbons (Fsp3) is 0.270. The predicted molar refractivity (Wildman–Crippen MR) is 164 cm³/mol. The van der Waals surface area contributed by atoms with Crippen molar-refractivity contribution in [1.29, 1.82) is 0 Å². The molecule has 2 aliphatic carbocycles. The Morgan fingerprint density at radius 3 is 2.10 bits per heavy atom. The second-order valence-electron chi connectivity index (χ2n) is 11.0. The normalized spacial score (nSPS) is 14.0. The zero-order valence-corrected chi connectivity index (χ0v) is 28.6. The molecule has 1 atom stereocenters. The Bertz CT molecular complexity index is 1310. The number of aryl methyl sites for hydroxylation is 1. The molecule has 3 heteroatoms. The van der Waals surface area contributed by atoms with E-state index in [0.29, 0.717) is 11.3 Å². The summed E-state index contributed by atoms with van der Waals surface area (Å²) in [4.78, 5) is 0. The summed E-state index contributed by atoms with van der Waals surface area (Å²) in [6.45, 7) is 20.9. The van der Waals surface area contributed by atoms with E-state index in [1.807, 2.05) is 18.2 Å². The van der Waals surface area contributed by atoms with Crippen LogP contribution >= 0.6 is 0 Å². The molecule has 40 heavy (non-hydrogen) atoms. The van der Waals surface area contributed by atoms with Gasteiger partial charge in [-0.25, -0.2) is 6.08 Å². The van der Waals surface area contributed by atoms with Crippen molar-refractivity contribution >= 4 is 15.4 Å². The fourth-order valence-electron chi connectivity index (χ4n) is 4.38. The molecule has 0 radical (unpaired) electrons. The molecule has 0 aliphatic heterocycles. The van der Waals surface area contributed by atoms with Crippen LogP contribution in [0.1, 0.15) is 74.4 Å². The average Bonchev–Trinajstić information content (AvgIpc) is 3.54. The predicted octanol–water partition coefficient (Wildman–Crippen LogP) is 3.79. The largest absolute Gasteiger partial charge is 1.00 e. The Balaban J connectivity index is 0.000000308. The van der Waals surface area contributed by atoms with E-state index in [2.05, 4.69) is 128 Å². The van der Waals surface area contributed by atoms with E-state index in [9.17, 15) is 0 Å². The van der Waals surface area contributed by atoms with Gasteiger partial charge in [0.25, 0.3) is 0 Å². The summed E-state index contributed by atoms with van der Waals surface area (Å²) in [5, 5.41) is 0. The first-order chi connectivity index (χ1) is 18.0. The maximum absolute atomic E-state index is 3.82. The molecule has 0 saturated carbocycles. The number of hydrogen-bond acceptors (Lipinski definition) is 0. The molecule has 0 bridgehead atoms. The van der Waals surface area contributed by atoms with Gasteiger partial charge in [0.1, 0.15) is 0 Å². The summed E-state index contributed by atoms with van der Waals surface area (Å²) >= 11 is 1.51. The van der Waals surface area contributed by atoms with Crippen LogP contribution in [0, 0.1) is 30.4 Å².